The van der Waals surface area contributed by atoms with E-state index < -0.39 is 15.9 Å². The third-order valence-electron chi connectivity index (χ3n) is 2.71. The molecule has 1 amide bonds. The number of thiophene rings is 1. The molecule has 0 aliphatic carbocycles. The van der Waals surface area contributed by atoms with E-state index in [1.165, 1.54) is 6.07 Å². The molecule has 2 rings (SSSR count). The van der Waals surface area contributed by atoms with E-state index in [0.29, 0.717) is 12.2 Å². The van der Waals surface area contributed by atoms with Crippen LogP contribution in [-0.4, -0.2) is 14.3 Å². The molecule has 2 aromatic heterocycles. The van der Waals surface area contributed by atoms with Gasteiger partial charge in [-0.2, -0.15) is 0 Å². The van der Waals surface area contributed by atoms with Crippen molar-refractivity contribution in [1.82, 2.24) is 4.72 Å². The molecule has 0 radical (unpaired) electrons. The van der Waals surface area contributed by atoms with E-state index >= 15 is 0 Å². The first-order chi connectivity index (χ1) is 9.38. The molecule has 2 heterocycles. The average molecular weight is 313 g/mol. The second kappa shape index (κ2) is 5.80. The van der Waals surface area contributed by atoms with Crippen LogP contribution in [0.2, 0.25) is 0 Å². The van der Waals surface area contributed by atoms with Crippen LogP contribution in [0.5, 0.6) is 0 Å². The summed E-state index contributed by atoms with van der Waals surface area (Å²) in [4.78, 5) is 12.8. The fraction of sp³-hybridized carbons (Fsp3) is 0.308. The average Bonchev–Trinajstić information content (AvgIpc) is 2.95. The Hall–Kier alpha value is -1.60. The van der Waals surface area contributed by atoms with Gasteiger partial charge in [0.2, 0.25) is 5.91 Å². The molecule has 0 fully saturated rings. The summed E-state index contributed by atoms with van der Waals surface area (Å²) >= 11 is 1.54. The molecule has 1 N–H and O–H groups in total. The zero-order valence-electron chi connectivity index (χ0n) is 11.2. The molecule has 5 nitrogen and oxygen atoms in total. The van der Waals surface area contributed by atoms with Gasteiger partial charge in [-0.15, -0.1) is 11.3 Å². The molecule has 0 spiro atoms. The third kappa shape index (κ3) is 3.49. The highest BCUT2D eigenvalue weighted by Crippen LogP contribution is 2.19. The lowest BCUT2D eigenvalue weighted by Crippen LogP contribution is -2.30. The van der Waals surface area contributed by atoms with Gasteiger partial charge in [-0.25, -0.2) is 13.1 Å². The molecule has 20 heavy (non-hydrogen) atoms. The van der Waals surface area contributed by atoms with Gasteiger partial charge in [-0.05, 0) is 31.7 Å². The molecule has 0 unspecified atom stereocenters. The van der Waals surface area contributed by atoms with Crippen LogP contribution in [0.1, 0.15) is 22.8 Å². The van der Waals surface area contributed by atoms with Gasteiger partial charge in [0.15, 0.2) is 0 Å². The maximum atomic E-state index is 12.0. The van der Waals surface area contributed by atoms with E-state index in [1.54, 1.807) is 25.2 Å². The number of carbonyl (C=O) groups is 1. The van der Waals surface area contributed by atoms with Crippen molar-refractivity contribution in [2.45, 2.75) is 31.6 Å². The molecule has 0 saturated carbocycles. The first kappa shape index (κ1) is 14.8. The zero-order valence-corrected chi connectivity index (χ0v) is 12.8. The van der Waals surface area contributed by atoms with Crippen LogP contribution in [0.15, 0.2) is 32.9 Å². The van der Waals surface area contributed by atoms with Crippen LogP contribution < -0.4 is 4.72 Å². The number of furan rings is 1. The van der Waals surface area contributed by atoms with Crippen molar-refractivity contribution in [2.24, 2.45) is 0 Å². The van der Waals surface area contributed by atoms with E-state index in [0.717, 1.165) is 4.88 Å². The normalized spacial score (nSPS) is 11.5. The maximum absolute atomic E-state index is 12.0. The van der Waals surface area contributed by atoms with E-state index in [2.05, 4.69) is 4.72 Å². The molecule has 0 bridgehead atoms. The van der Waals surface area contributed by atoms with Gasteiger partial charge < -0.3 is 4.42 Å². The van der Waals surface area contributed by atoms with Crippen molar-refractivity contribution in [3.8, 4) is 0 Å². The number of sulfonamides is 1. The smallest absolute Gasteiger partial charge is 0.267 e. The number of hydrogen-bond acceptors (Lipinski definition) is 5. The highest BCUT2D eigenvalue weighted by molar-refractivity contribution is 7.90. The number of hydrogen-bond donors (Lipinski definition) is 1. The zero-order chi connectivity index (χ0) is 14.8. The molecule has 0 aromatic carbocycles. The van der Waals surface area contributed by atoms with Crippen LogP contribution in [0, 0.1) is 13.8 Å². The predicted molar refractivity (Wildman–Crippen MR) is 76.2 cm³/mol. The summed E-state index contributed by atoms with van der Waals surface area (Å²) in [5, 5.41) is 1.92. The Morgan fingerprint density at radius 2 is 2.15 bits per heavy atom. The topological polar surface area (TPSA) is 76.4 Å². The number of rotatable bonds is 5. The summed E-state index contributed by atoms with van der Waals surface area (Å²) in [6.45, 7) is 3.21. The fourth-order valence-electron chi connectivity index (χ4n) is 1.82. The summed E-state index contributed by atoms with van der Waals surface area (Å²) in [6, 6.07) is 5.21. The van der Waals surface area contributed by atoms with Crippen molar-refractivity contribution in [3.05, 3.63) is 40.0 Å². The highest BCUT2D eigenvalue weighted by Gasteiger charge is 2.22. The second-order valence-corrected chi connectivity index (χ2v) is 7.07. The largest absolute Gasteiger partial charge is 0.465 e. The summed E-state index contributed by atoms with van der Waals surface area (Å²) in [5.41, 5.74) is 0. The van der Waals surface area contributed by atoms with Crippen LogP contribution in [0.4, 0.5) is 0 Å². The SMILES string of the molecule is Cc1cc(S(=O)(=O)NC(=O)CCc2cccs2)c(C)o1. The summed E-state index contributed by atoms with van der Waals surface area (Å²) < 4.78 is 31.3. The first-order valence-corrected chi connectivity index (χ1v) is 8.40. The highest BCUT2D eigenvalue weighted by atomic mass is 32.2. The van der Waals surface area contributed by atoms with Gasteiger partial charge in [0, 0.05) is 17.4 Å². The van der Waals surface area contributed by atoms with Crippen molar-refractivity contribution < 1.29 is 17.6 Å². The standard InChI is InChI=1S/C13H15NO4S2/c1-9-8-12(10(2)18-9)20(16,17)14-13(15)6-5-11-4-3-7-19-11/h3-4,7-8H,5-6H2,1-2H3,(H,14,15). The molecule has 0 saturated heterocycles. The minimum absolute atomic E-state index is 0.0134. The molecule has 0 aliphatic rings. The molecule has 0 atom stereocenters. The molecule has 7 heteroatoms. The minimum Gasteiger partial charge on any atom is -0.465 e. The van der Waals surface area contributed by atoms with Gasteiger partial charge in [0.05, 0.1) is 0 Å². The minimum atomic E-state index is -3.85. The lowest BCUT2D eigenvalue weighted by molar-refractivity contribution is -0.119. The van der Waals surface area contributed by atoms with Gasteiger partial charge in [0.1, 0.15) is 16.4 Å². The van der Waals surface area contributed by atoms with Crippen molar-refractivity contribution in [1.29, 1.82) is 0 Å². The van der Waals surface area contributed by atoms with E-state index in [1.807, 2.05) is 17.5 Å². The summed E-state index contributed by atoms with van der Waals surface area (Å²) in [5.74, 6) is 0.256. The van der Waals surface area contributed by atoms with E-state index in [-0.39, 0.29) is 17.1 Å². The number of nitrogens with one attached hydrogen (secondary N) is 1. The lowest BCUT2D eigenvalue weighted by Gasteiger charge is -2.05. The van der Waals surface area contributed by atoms with Gasteiger partial charge in [-0.1, -0.05) is 6.07 Å². The Labute approximate surface area is 121 Å². The quantitative estimate of drug-likeness (QED) is 0.919. The Morgan fingerprint density at radius 1 is 1.40 bits per heavy atom. The van der Waals surface area contributed by atoms with Gasteiger partial charge in [0.25, 0.3) is 10.0 Å². The molecule has 108 valence electrons. The Morgan fingerprint density at radius 3 is 2.70 bits per heavy atom. The fourth-order valence-corrected chi connectivity index (χ4v) is 3.78. The molecular formula is C13H15NO4S2. The molecular weight excluding hydrogens is 298 g/mol. The third-order valence-corrected chi connectivity index (χ3v) is 5.13. The van der Waals surface area contributed by atoms with Crippen molar-refractivity contribution in [2.75, 3.05) is 0 Å². The lowest BCUT2D eigenvalue weighted by atomic mass is 10.2. The molecule has 0 aliphatic heterocycles. The summed E-state index contributed by atoms with van der Waals surface area (Å²) in [7, 11) is -3.85. The second-order valence-electron chi connectivity index (χ2n) is 4.39. The van der Waals surface area contributed by atoms with Crippen LogP contribution in [-0.2, 0) is 21.2 Å². The number of carbonyl (C=O) groups excluding carboxylic acids is 1. The number of amides is 1. The Kier molecular flexibility index (Phi) is 4.29. The summed E-state index contributed by atoms with van der Waals surface area (Å²) in [6.07, 6.45) is 0.665. The van der Waals surface area contributed by atoms with Gasteiger partial charge >= 0.3 is 0 Å². The monoisotopic (exact) mass is 313 g/mol. The Balaban J connectivity index is 2.01. The van der Waals surface area contributed by atoms with Crippen LogP contribution in [0.25, 0.3) is 0 Å². The first-order valence-electron chi connectivity index (χ1n) is 6.03. The van der Waals surface area contributed by atoms with Crippen molar-refractivity contribution in [3.63, 3.8) is 0 Å². The predicted octanol–water partition coefficient (Wildman–Crippen LogP) is 2.40. The number of aryl methyl sites for hydroxylation is 3. The van der Waals surface area contributed by atoms with Crippen molar-refractivity contribution >= 4 is 27.3 Å². The van der Waals surface area contributed by atoms with Crippen LogP contribution in [0.3, 0.4) is 0 Å². The maximum Gasteiger partial charge on any atom is 0.267 e. The van der Waals surface area contributed by atoms with Gasteiger partial charge in [-0.3, -0.25) is 4.79 Å². The van der Waals surface area contributed by atoms with E-state index in [9.17, 15) is 13.2 Å². The van der Waals surface area contributed by atoms with Crippen LogP contribution >= 0.6 is 11.3 Å². The Bertz CT molecular complexity index is 699. The van der Waals surface area contributed by atoms with E-state index in [4.69, 9.17) is 4.42 Å². The molecule has 2 aromatic rings.